The number of hydrogen-bond donors (Lipinski definition) is 2. The van der Waals surface area contributed by atoms with E-state index in [0.717, 1.165) is 0 Å². The Morgan fingerprint density at radius 1 is 1.53 bits per heavy atom. The van der Waals surface area contributed by atoms with Crippen LogP contribution in [0, 0.1) is 10.1 Å². The van der Waals surface area contributed by atoms with Crippen molar-refractivity contribution in [2.75, 3.05) is 6.61 Å². The van der Waals surface area contributed by atoms with E-state index in [1.165, 1.54) is 18.2 Å². The summed E-state index contributed by atoms with van der Waals surface area (Å²) >= 11 is 5.68. The van der Waals surface area contributed by atoms with E-state index in [-0.39, 0.29) is 22.3 Å². The van der Waals surface area contributed by atoms with Crippen molar-refractivity contribution in [1.82, 2.24) is 0 Å². The number of ether oxygens (including phenoxy) is 1. The minimum atomic E-state index is -0.544. The van der Waals surface area contributed by atoms with Crippen molar-refractivity contribution >= 4 is 23.1 Å². The molecule has 1 aromatic carbocycles. The SMILES string of the molecule is NC(CCCCOc1ccc(Cl)cc1[N+](=O)[O-])=NO. The molecule has 19 heavy (non-hydrogen) atoms. The number of hydrogen-bond acceptors (Lipinski definition) is 5. The Morgan fingerprint density at radius 2 is 2.26 bits per heavy atom. The van der Waals surface area contributed by atoms with Crippen molar-refractivity contribution in [3.63, 3.8) is 0 Å². The van der Waals surface area contributed by atoms with E-state index < -0.39 is 4.92 Å². The lowest BCUT2D eigenvalue weighted by molar-refractivity contribution is -0.385. The van der Waals surface area contributed by atoms with Gasteiger partial charge in [0.25, 0.3) is 0 Å². The summed E-state index contributed by atoms with van der Waals surface area (Å²) in [5.41, 5.74) is 5.14. The van der Waals surface area contributed by atoms with Crippen LogP contribution in [-0.2, 0) is 0 Å². The fraction of sp³-hybridized carbons (Fsp3) is 0.364. The van der Waals surface area contributed by atoms with Crippen molar-refractivity contribution < 1.29 is 14.9 Å². The van der Waals surface area contributed by atoms with Gasteiger partial charge in [-0.3, -0.25) is 10.1 Å². The van der Waals surface area contributed by atoms with Gasteiger partial charge in [-0.1, -0.05) is 16.8 Å². The highest BCUT2D eigenvalue weighted by Crippen LogP contribution is 2.29. The molecule has 0 bridgehead atoms. The van der Waals surface area contributed by atoms with Gasteiger partial charge in [-0.15, -0.1) is 0 Å². The van der Waals surface area contributed by atoms with Gasteiger partial charge in [0.05, 0.1) is 11.5 Å². The minimum absolute atomic E-state index is 0.150. The first-order valence-corrected chi connectivity index (χ1v) is 5.95. The standard InChI is InChI=1S/C11H14ClN3O4/c12-8-4-5-10(9(7-8)15(17)18)19-6-2-1-3-11(13)14-16/h4-5,7,16H,1-3,6H2,(H2,13,14). The Kier molecular flexibility index (Phi) is 5.87. The van der Waals surface area contributed by atoms with E-state index in [1.807, 2.05) is 0 Å². The number of rotatable bonds is 7. The van der Waals surface area contributed by atoms with Gasteiger partial charge in [0.2, 0.25) is 0 Å². The van der Waals surface area contributed by atoms with Crippen LogP contribution < -0.4 is 10.5 Å². The third-order valence-electron chi connectivity index (χ3n) is 2.33. The highest BCUT2D eigenvalue weighted by molar-refractivity contribution is 6.30. The Hall–Kier alpha value is -2.02. The largest absolute Gasteiger partial charge is 0.487 e. The first-order valence-electron chi connectivity index (χ1n) is 5.57. The molecule has 3 N–H and O–H groups in total. The highest BCUT2D eigenvalue weighted by Gasteiger charge is 2.15. The zero-order chi connectivity index (χ0) is 14.3. The van der Waals surface area contributed by atoms with Gasteiger partial charge in [0.1, 0.15) is 5.84 Å². The Bertz CT molecular complexity index is 479. The molecular weight excluding hydrogens is 274 g/mol. The van der Waals surface area contributed by atoms with Crippen molar-refractivity contribution in [2.45, 2.75) is 19.3 Å². The van der Waals surface area contributed by atoms with Crippen LogP contribution in [-0.4, -0.2) is 22.6 Å². The molecule has 0 spiro atoms. The Labute approximate surface area is 114 Å². The molecular formula is C11H14ClN3O4. The lowest BCUT2D eigenvalue weighted by Gasteiger charge is -2.06. The number of oxime groups is 1. The van der Waals surface area contributed by atoms with Crippen LogP contribution in [0.15, 0.2) is 23.4 Å². The molecule has 1 rings (SSSR count). The Balaban J connectivity index is 2.47. The van der Waals surface area contributed by atoms with E-state index in [1.54, 1.807) is 0 Å². The molecule has 0 fully saturated rings. The first kappa shape index (κ1) is 15.0. The maximum absolute atomic E-state index is 10.8. The van der Waals surface area contributed by atoms with E-state index in [2.05, 4.69) is 5.16 Å². The number of nitro groups is 1. The molecule has 0 aromatic heterocycles. The normalized spacial score (nSPS) is 11.3. The summed E-state index contributed by atoms with van der Waals surface area (Å²) in [6.07, 6.45) is 1.75. The molecule has 0 aliphatic heterocycles. The van der Waals surface area contributed by atoms with Gasteiger partial charge < -0.3 is 15.7 Å². The summed E-state index contributed by atoms with van der Waals surface area (Å²) in [5, 5.41) is 22.3. The fourth-order valence-electron chi connectivity index (χ4n) is 1.40. The molecule has 0 unspecified atom stereocenters. The molecule has 0 radical (unpaired) electrons. The van der Waals surface area contributed by atoms with Crippen molar-refractivity contribution in [3.8, 4) is 5.75 Å². The average Bonchev–Trinajstić information content (AvgIpc) is 2.39. The second kappa shape index (κ2) is 7.42. The molecule has 0 aliphatic carbocycles. The second-order valence-electron chi connectivity index (χ2n) is 3.77. The number of nitro benzene ring substituents is 1. The molecule has 7 nitrogen and oxygen atoms in total. The van der Waals surface area contributed by atoms with Crippen molar-refractivity contribution in [2.24, 2.45) is 10.9 Å². The van der Waals surface area contributed by atoms with Gasteiger partial charge in [-0.2, -0.15) is 0 Å². The number of benzene rings is 1. The molecule has 8 heteroatoms. The van der Waals surface area contributed by atoms with Gasteiger partial charge in [-0.05, 0) is 25.0 Å². The van der Waals surface area contributed by atoms with Crippen LogP contribution in [0.2, 0.25) is 5.02 Å². The monoisotopic (exact) mass is 287 g/mol. The van der Waals surface area contributed by atoms with Crippen LogP contribution in [0.3, 0.4) is 0 Å². The van der Waals surface area contributed by atoms with E-state index in [0.29, 0.717) is 25.9 Å². The zero-order valence-electron chi connectivity index (χ0n) is 10.1. The minimum Gasteiger partial charge on any atom is -0.487 e. The van der Waals surface area contributed by atoms with Crippen LogP contribution in [0.1, 0.15) is 19.3 Å². The number of halogens is 1. The molecule has 0 aliphatic rings. The molecule has 0 saturated heterocycles. The summed E-state index contributed by atoms with van der Waals surface area (Å²) in [7, 11) is 0. The maximum Gasteiger partial charge on any atom is 0.312 e. The lowest BCUT2D eigenvalue weighted by Crippen LogP contribution is -2.11. The van der Waals surface area contributed by atoms with Crippen LogP contribution in [0.25, 0.3) is 0 Å². The summed E-state index contributed by atoms with van der Waals surface area (Å²) in [6.45, 7) is 0.307. The molecule has 0 saturated carbocycles. The Morgan fingerprint density at radius 3 is 2.89 bits per heavy atom. The first-order chi connectivity index (χ1) is 9.04. The third kappa shape index (κ3) is 5.01. The summed E-state index contributed by atoms with van der Waals surface area (Å²) in [6, 6.07) is 4.23. The van der Waals surface area contributed by atoms with Crippen molar-refractivity contribution in [3.05, 3.63) is 33.3 Å². The van der Waals surface area contributed by atoms with Gasteiger partial charge in [0, 0.05) is 17.5 Å². The maximum atomic E-state index is 10.8. The smallest absolute Gasteiger partial charge is 0.312 e. The second-order valence-corrected chi connectivity index (χ2v) is 4.20. The van der Waals surface area contributed by atoms with Crippen LogP contribution in [0.5, 0.6) is 5.75 Å². The van der Waals surface area contributed by atoms with Crippen LogP contribution >= 0.6 is 11.6 Å². The number of nitrogens with two attached hydrogens (primary N) is 1. The van der Waals surface area contributed by atoms with Gasteiger partial charge in [0.15, 0.2) is 5.75 Å². The summed E-state index contributed by atoms with van der Waals surface area (Å²) in [5.74, 6) is 0.329. The third-order valence-corrected chi connectivity index (χ3v) is 2.57. The van der Waals surface area contributed by atoms with E-state index >= 15 is 0 Å². The average molecular weight is 288 g/mol. The fourth-order valence-corrected chi connectivity index (χ4v) is 1.56. The molecule has 0 heterocycles. The molecule has 0 amide bonds. The summed E-state index contributed by atoms with van der Waals surface area (Å²) < 4.78 is 5.33. The van der Waals surface area contributed by atoms with Crippen LogP contribution in [0.4, 0.5) is 5.69 Å². The van der Waals surface area contributed by atoms with E-state index in [4.69, 9.17) is 27.3 Å². The number of amidine groups is 1. The molecule has 1 aromatic rings. The van der Waals surface area contributed by atoms with Gasteiger partial charge >= 0.3 is 5.69 Å². The van der Waals surface area contributed by atoms with Gasteiger partial charge in [-0.25, -0.2) is 0 Å². The number of nitrogens with zero attached hydrogens (tertiary/aromatic N) is 2. The predicted octanol–water partition coefficient (Wildman–Crippen LogP) is 2.54. The summed E-state index contributed by atoms with van der Waals surface area (Å²) in [4.78, 5) is 10.3. The lowest BCUT2D eigenvalue weighted by atomic mass is 10.2. The topological polar surface area (TPSA) is 111 Å². The molecule has 104 valence electrons. The number of unbranched alkanes of at least 4 members (excludes halogenated alkanes) is 1. The highest BCUT2D eigenvalue weighted by atomic mass is 35.5. The predicted molar refractivity (Wildman–Crippen MR) is 70.9 cm³/mol. The quantitative estimate of drug-likeness (QED) is 0.200. The molecule has 0 atom stereocenters. The zero-order valence-corrected chi connectivity index (χ0v) is 10.8. The van der Waals surface area contributed by atoms with Crippen molar-refractivity contribution in [1.29, 1.82) is 0 Å². The van der Waals surface area contributed by atoms with E-state index in [9.17, 15) is 10.1 Å².